The Hall–Kier alpha value is -3.12. The van der Waals surface area contributed by atoms with E-state index in [2.05, 4.69) is 39.6 Å². The molecule has 4 aromatic rings. The summed E-state index contributed by atoms with van der Waals surface area (Å²) in [6, 6.07) is 21.4. The van der Waals surface area contributed by atoms with Crippen molar-refractivity contribution >= 4 is 39.3 Å². The summed E-state index contributed by atoms with van der Waals surface area (Å²) in [5.41, 5.74) is 1.48. The molecule has 4 rings (SSSR count). The van der Waals surface area contributed by atoms with Crippen LogP contribution in [0.15, 0.2) is 76.7 Å². The van der Waals surface area contributed by atoms with E-state index in [9.17, 15) is 9.59 Å². The van der Waals surface area contributed by atoms with E-state index in [1.165, 1.54) is 17.1 Å². The summed E-state index contributed by atoms with van der Waals surface area (Å²) < 4.78 is 0. The lowest BCUT2D eigenvalue weighted by Gasteiger charge is -2.15. The van der Waals surface area contributed by atoms with Gasteiger partial charge >= 0.3 is 0 Å². The number of para-hydroxylation sites is 1. The minimum absolute atomic E-state index is 0.110. The highest BCUT2D eigenvalue weighted by Gasteiger charge is 2.12. The Morgan fingerprint density at radius 1 is 1.07 bits per heavy atom. The summed E-state index contributed by atoms with van der Waals surface area (Å²) in [5.74, 6) is 0.0700. The van der Waals surface area contributed by atoms with E-state index in [1.807, 2.05) is 31.2 Å². The average Bonchev–Trinajstić information content (AvgIpc) is 2.72. The zero-order valence-corrected chi connectivity index (χ0v) is 16.1. The van der Waals surface area contributed by atoms with Gasteiger partial charge in [0.1, 0.15) is 0 Å². The maximum Gasteiger partial charge on any atom is 0.259 e. The van der Waals surface area contributed by atoms with Gasteiger partial charge in [0.05, 0.1) is 22.7 Å². The van der Waals surface area contributed by atoms with Crippen LogP contribution in [0.25, 0.3) is 21.7 Å². The van der Waals surface area contributed by atoms with Gasteiger partial charge in [0, 0.05) is 0 Å². The molecule has 1 aromatic heterocycles. The van der Waals surface area contributed by atoms with Crippen LogP contribution < -0.4 is 10.9 Å². The van der Waals surface area contributed by atoms with Crippen LogP contribution in [0.4, 0.5) is 0 Å². The summed E-state index contributed by atoms with van der Waals surface area (Å²) >= 11 is 1.22. The van der Waals surface area contributed by atoms with Crippen LogP contribution in [0.3, 0.4) is 0 Å². The number of hydrogen-bond donors (Lipinski definition) is 2. The predicted octanol–water partition coefficient (Wildman–Crippen LogP) is 4.05. The number of nitrogens with one attached hydrogen (secondary N) is 2. The van der Waals surface area contributed by atoms with Crippen molar-refractivity contribution in [3.63, 3.8) is 0 Å². The highest BCUT2D eigenvalue weighted by molar-refractivity contribution is 7.99. The number of hydrogen-bond acceptors (Lipinski definition) is 4. The van der Waals surface area contributed by atoms with Crippen molar-refractivity contribution in [1.82, 2.24) is 15.3 Å². The van der Waals surface area contributed by atoms with E-state index >= 15 is 0 Å². The van der Waals surface area contributed by atoms with Gasteiger partial charge in [-0.05, 0) is 41.5 Å². The molecule has 1 atom stereocenters. The summed E-state index contributed by atoms with van der Waals surface area (Å²) in [5, 5.41) is 6.31. The SMILES string of the molecule is C[C@H](NC(=O)CSc1nc2ccccc2c(=O)[nH]1)c1ccc2ccccc2c1. The third kappa shape index (κ3) is 3.92. The van der Waals surface area contributed by atoms with Gasteiger partial charge in [0.15, 0.2) is 5.16 Å². The second-order valence-corrected chi connectivity index (χ2v) is 7.54. The number of fused-ring (bicyclic) bond motifs is 2. The predicted molar refractivity (Wildman–Crippen MR) is 114 cm³/mol. The quantitative estimate of drug-likeness (QED) is 0.399. The Labute approximate surface area is 166 Å². The zero-order valence-electron chi connectivity index (χ0n) is 15.3. The molecule has 0 radical (unpaired) electrons. The zero-order chi connectivity index (χ0) is 19.5. The Balaban J connectivity index is 1.41. The molecular weight excluding hydrogens is 370 g/mol. The lowest BCUT2D eigenvalue weighted by molar-refractivity contribution is -0.119. The van der Waals surface area contributed by atoms with E-state index in [0.29, 0.717) is 16.1 Å². The fourth-order valence-electron chi connectivity index (χ4n) is 3.11. The van der Waals surface area contributed by atoms with E-state index < -0.39 is 0 Å². The third-order valence-electron chi connectivity index (χ3n) is 4.58. The van der Waals surface area contributed by atoms with Gasteiger partial charge in [-0.2, -0.15) is 0 Å². The number of aromatic nitrogens is 2. The van der Waals surface area contributed by atoms with Gasteiger partial charge in [0.2, 0.25) is 5.91 Å². The molecule has 5 nitrogen and oxygen atoms in total. The number of aromatic amines is 1. The minimum Gasteiger partial charge on any atom is -0.349 e. The molecule has 1 amide bonds. The number of thioether (sulfide) groups is 1. The molecule has 0 saturated heterocycles. The molecule has 0 aliphatic carbocycles. The highest BCUT2D eigenvalue weighted by Crippen LogP contribution is 2.21. The van der Waals surface area contributed by atoms with Crippen molar-refractivity contribution in [2.45, 2.75) is 18.1 Å². The fourth-order valence-corrected chi connectivity index (χ4v) is 3.79. The first-order valence-electron chi connectivity index (χ1n) is 9.00. The molecule has 6 heteroatoms. The van der Waals surface area contributed by atoms with Crippen molar-refractivity contribution in [2.24, 2.45) is 0 Å². The van der Waals surface area contributed by atoms with Crippen LogP contribution in [-0.4, -0.2) is 21.6 Å². The molecule has 0 aliphatic rings. The van der Waals surface area contributed by atoms with E-state index in [1.54, 1.807) is 18.2 Å². The summed E-state index contributed by atoms with van der Waals surface area (Å²) in [6.07, 6.45) is 0. The van der Waals surface area contributed by atoms with Crippen molar-refractivity contribution in [1.29, 1.82) is 0 Å². The molecule has 0 saturated carbocycles. The largest absolute Gasteiger partial charge is 0.349 e. The van der Waals surface area contributed by atoms with E-state index in [0.717, 1.165) is 10.9 Å². The van der Waals surface area contributed by atoms with E-state index in [-0.39, 0.29) is 23.3 Å². The van der Waals surface area contributed by atoms with Gasteiger partial charge in [-0.25, -0.2) is 4.98 Å². The number of H-pyrrole nitrogens is 1. The van der Waals surface area contributed by atoms with Gasteiger partial charge in [-0.3, -0.25) is 9.59 Å². The normalized spacial score (nSPS) is 12.2. The Kier molecular flexibility index (Phi) is 5.12. The summed E-state index contributed by atoms with van der Waals surface area (Å²) in [6.45, 7) is 1.96. The lowest BCUT2D eigenvalue weighted by Crippen LogP contribution is -2.28. The number of benzene rings is 3. The molecule has 2 N–H and O–H groups in total. The smallest absolute Gasteiger partial charge is 0.259 e. The molecule has 0 bridgehead atoms. The van der Waals surface area contributed by atoms with Crippen molar-refractivity contribution in [3.8, 4) is 0 Å². The molecule has 1 heterocycles. The maximum absolute atomic E-state index is 12.4. The Bertz CT molecular complexity index is 1220. The molecule has 0 fully saturated rings. The molecular formula is C22H19N3O2S. The first kappa shape index (κ1) is 18.3. The van der Waals surface area contributed by atoms with Gasteiger partial charge in [-0.1, -0.05) is 60.3 Å². The van der Waals surface area contributed by atoms with Crippen LogP contribution in [0.1, 0.15) is 18.5 Å². The van der Waals surface area contributed by atoms with Crippen LogP contribution in [0.5, 0.6) is 0 Å². The van der Waals surface area contributed by atoms with E-state index in [4.69, 9.17) is 0 Å². The van der Waals surface area contributed by atoms with Gasteiger partial charge in [-0.15, -0.1) is 0 Å². The van der Waals surface area contributed by atoms with Crippen LogP contribution in [0.2, 0.25) is 0 Å². The first-order valence-corrected chi connectivity index (χ1v) is 9.98. The van der Waals surface area contributed by atoms with Crippen molar-refractivity contribution in [3.05, 3.63) is 82.6 Å². The maximum atomic E-state index is 12.4. The molecule has 140 valence electrons. The number of carbonyl (C=O) groups excluding carboxylic acids is 1. The molecule has 28 heavy (non-hydrogen) atoms. The topological polar surface area (TPSA) is 74.8 Å². The third-order valence-corrected chi connectivity index (χ3v) is 5.46. The van der Waals surface area contributed by atoms with Gasteiger partial charge in [0.25, 0.3) is 5.56 Å². The standard InChI is InChI=1S/C22H19N3O2S/c1-14(16-11-10-15-6-2-3-7-17(15)12-16)23-20(26)13-28-22-24-19-9-5-4-8-18(19)21(27)25-22/h2-12,14H,13H2,1H3,(H,23,26)(H,24,25,27)/t14-/m0/s1. The molecule has 0 unspecified atom stereocenters. The summed E-state index contributed by atoms with van der Waals surface area (Å²) in [7, 11) is 0. The average molecular weight is 389 g/mol. The first-order chi connectivity index (χ1) is 13.6. The fraction of sp³-hybridized carbons (Fsp3) is 0.136. The van der Waals surface area contributed by atoms with Crippen LogP contribution in [0, 0.1) is 0 Å². The summed E-state index contributed by atoms with van der Waals surface area (Å²) in [4.78, 5) is 31.6. The highest BCUT2D eigenvalue weighted by atomic mass is 32.2. The Morgan fingerprint density at radius 3 is 2.68 bits per heavy atom. The number of carbonyl (C=O) groups is 1. The van der Waals surface area contributed by atoms with Crippen molar-refractivity contribution in [2.75, 3.05) is 5.75 Å². The number of nitrogens with zero attached hydrogens (tertiary/aromatic N) is 1. The van der Waals surface area contributed by atoms with Crippen molar-refractivity contribution < 1.29 is 4.79 Å². The number of amides is 1. The second kappa shape index (κ2) is 7.86. The Morgan fingerprint density at radius 2 is 1.82 bits per heavy atom. The van der Waals surface area contributed by atoms with Crippen LogP contribution in [-0.2, 0) is 4.79 Å². The van der Waals surface area contributed by atoms with Gasteiger partial charge < -0.3 is 10.3 Å². The monoisotopic (exact) mass is 389 g/mol. The minimum atomic E-state index is -0.196. The second-order valence-electron chi connectivity index (χ2n) is 6.57. The number of rotatable bonds is 5. The molecule has 3 aromatic carbocycles. The molecule has 0 aliphatic heterocycles. The molecule has 0 spiro atoms. The lowest BCUT2D eigenvalue weighted by atomic mass is 10.0. The van der Waals surface area contributed by atoms with Crippen LogP contribution >= 0.6 is 11.8 Å².